The summed E-state index contributed by atoms with van der Waals surface area (Å²) in [6.45, 7) is 9.17. The van der Waals surface area contributed by atoms with E-state index in [1.54, 1.807) is 20.8 Å². The van der Waals surface area contributed by atoms with Gasteiger partial charge in [-0.25, -0.2) is 8.42 Å². The first-order valence-electron chi connectivity index (χ1n) is 5.27. The molecular weight excluding hydrogens is 214 g/mol. The number of sulfonamides is 1. The Kier molecular flexibility index (Phi) is 5.23. The highest BCUT2D eigenvalue weighted by Crippen LogP contribution is 2.22. The average molecular weight is 237 g/mol. The summed E-state index contributed by atoms with van der Waals surface area (Å²) in [4.78, 5) is 0. The van der Waals surface area contributed by atoms with E-state index in [0.717, 1.165) is 0 Å². The molecule has 0 saturated carbocycles. The standard InChI is InChI=1S/C10H23NO3S/c1-9(2)11(7-6-8-12)15(13,14)10(3,4)5/h9,12H,6-8H2,1-5H3. The molecule has 0 amide bonds. The summed E-state index contributed by atoms with van der Waals surface area (Å²) in [6, 6.07) is -0.0687. The van der Waals surface area contributed by atoms with Crippen LogP contribution in [0.4, 0.5) is 0 Å². The Bertz CT molecular complexity index is 278. The van der Waals surface area contributed by atoms with Crippen molar-refractivity contribution in [3.63, 3.8) is 0 Å². The predicted octanol–water partition coefficient (Wildman–Crippen LogP) is 1.21. The fourth-order valence-electron chi connectivity index (χ4n) is 1.23. The third-order valence-corrected chi connectivity index (χ3v) is 4.96. The molecule has 15 heavy (non-hydrogen) atoms. The molecule has 0 aromatic heterocycles. The van der Waals surface area contributed by atoms with Gasteiger partial charge in [0, 0.05) is 19.2 Å². The van der Waals surface area contributed by atoms with E-state index >= 15 is 0 Å². The van der Waals surface area contributed by atoms with E-state index in [4.69, 9.17) is 5.11 Å². The molecule has 0 radical (unpaired) electrons. The minimum atomic E-state index is -3.29. The first kappa shape index (κ1) is 14.9. The molecular formula is C10H23NO3S. The Morgan fingerprint density at radius 1 is 1.27 bits per heavy atom. The molecule has 0 heterocycles. The smallest absolute Gasteiger partial charge is 0.219 e. The maximum Gasteiger partial charge on any atom is 0.219 e. The molecule has 0 bridgehead atoms. The van der Waals surface area contributed by atoms with E-state index in [9.17, 15) is 8.42 Å². The third kappa shape index (κ3) is 3.74. The molecule has 0 aromatic carbocycles. The fourth-order valence-corrected chi connectivity index (χ4v) is 2.86. The van der Waals surface area contributed by atoms with E-state index < -0.39 is 14.8 Å². The highest BCUT2D eigenvalue weighted by molar-refractivity contribution is 7.90. The lowest BCUT2D eigenvalue weighted by Gasteiger charge is -2.32. The van der Waals surface area contributed by atoms with Crippen molar-refractivity contribution in [3.8, 4) is 0 Å². The van der Waals surface area contributed by atoms with Gasteiger partial charge in [0.25, 0.3) is 0 Å². The van der Waals surface area contributed by atoms with Crippen molar-refractivity contribution < 1.29 is 13.5 Å². The summed E-state index contributed by atoms with van der Waals surface area (Å²) in [6.07, 6.45) is 0.480. The van der Waals surface area contributed by atoms with Gasteiger partial charge in [-0.05, 0) is 41.0 Å². The molecule has 0 rings (SSSR count). The molecule has 92 valence electrons. The molecule has 0 fully saturated rings. The molecule has 0 aromatic rings. The number of aliphatic hydroxyl groups is 1. The van der Waals surface area contributed by atoms with Gasteiger partial charge in [-0.2, -0.15) is 4.31 Å². The largest absolute Gasteiger partial charge is 0.396 e. The summed E-state index contributed by atoms with van der Waals surface area (Å²) in [7, 11) is -3.29. The van der Waals surface area contributed by atoms with Gasteiger partial charge in [0.05, 0.1) is 4.75 Å². The quantitative estimate of drug-likeness (QED) is 0.782. The summed E-state index contributed by atoms with van der Waals surface area (Å²) < 4.78 is 25.0. The van der Waals surface area contributed by atoms with Crippen LogP contribution in [0.1, 0.15) is 41.0 Å². The number of aliphatic hydroxyl groups excluding tert-OH is 1. The average Bonchev–Trinajstić information content (AvgIpc) is 2.01. The number of hydrogen-bond donors (Lipinski definition) is 1. The SMILES string of the molecule is CC(C)N(CCCO)S(=O)(=O)C(C)(C)C. The van der Waals surface area contributed by atoms with Crippen molar-refractivity contribution in [2.75, 3.05) is 13.2 Å². The maximum absolute atomic E-state index is 12.1. The second-order valence-corrected chi connectivity index (χ2v) is 7.54. The number of nitrogens with zero attached hydrogens (tertiary/aromatic N) is 1. The minimum absolute atomic E-state index is 0.0167. The topological polar surface area (TPSA) is 57.6 Å². The van der Waals surface area contributed by atoms with Crippen LogP contribution in [0.3, 0.4) is 0 Å². The van der Waals surface area contributed by atoms with Crippen molar-refractivity contribution in [2.24, 2.45) is 0 Å². The van der Waals surface area contributed by atoms with Gasteiger partial charge in [-0.3, -0.25) is 0 Å². The van der Waals surface area contributed by atoms with Crippen LogP contribution in [-0.2, 0) is 10.0 Å². The van der Waals surface area contributed by atoms with Gasteiger partial charge in [0.15, 0.2) is 0 Å². The first-order valence-corrected chi connectivity index (χ1v) is 6.71. The van der Waals surface area contributed by atoms with Crippen molar-refractivity contribution in [1.29, 1.82) is 0 Å². The van der Waals surface area contributed by atoms with Gasteiger partial charge >= 0.3 is 0 Å². The zero-order valence-corrected chi connectivity index (χ0v) is 11.1. The number of rotatable bonds is 5. The van der Waals surface area contributed by atoms with Crippen LogP contribution in [0.15, 0.2) is 0 Å². The molecule has 5 heteroatoms. The highest BCUT2D eigenvalue weighted by Gasteiger charge is 2.36. The van der Waals surface area contributed by atoms with Gasteiger partial charge in [0.2, 0.25) is 10.0 Å². The lowest BCUT2D eigenvalue weighted by Crippen LogP contribution is -2.46. The normalized spacial score (nSPS) is 13.9. The van der Waals surface area contributed by atoms with Crippen LogP contribution in [0, 0.1) is 0 Å². The Morgan fingerprint density at radius 3 is 2.00 bits per heavy atom. The van der Waals surface area contributed by atoms with Crippen LogP contribution < -0.4 is 0 Å². The summed E-state index contributed by atoms with van der Waals surface area (Å²) >= 11 is 0. The fraction of sp³-hybridized carbons (Fsp3) is 1.00. The second kappa shape index (κ2) is 5.27. The highest BCUT2D eigenvalue weighted by atomic mass is 32.2. The van der Waals surface area contributed by atoms with E-state index in [0.29, 0.717) is 13.0 Å². The molecule has 0 atom stereocenters. The third-order valence-electron chi connectivity index (χ3n) is 2.20. The van der Waals surface area contributed by atoms with Crippen LogP contribution in [-0.4, -0.2) is 41.8 Å². The molecule has 0 saturated heterocycles. The van der Waals surface area contributed by atoms with Crippen LogP contribution >= 0.6 is 0 Å². The van der Waals surface area contributed by atoms with Gasteiger partial charge in [-0.1, -0.05) is 0 Å². The van der Waals surface area contributed by atoms with Gasteiger partial charge < -0.3 is 5.11 Å². The summed E-state index contributed by atoms with van der Waals surface area (Å²) in [5, 5.41) is 8.74. The monoisotopic (exact) mass is 237 g/mol. The van der Waals surface area contributed by atoms with E-state index in [2.05, 4.69) is 0 Å². The maximum atomic E-state index is 12.1. The number of hydrogen-bond acceptors (Lipinski definition) is 3. The van der Waals surface area contributed by atoms with E-state index in [-0.39, 0.29) is 12.6 Å². The van der Waals surface area contributed by atoms with Crippen molar-refractivity contribution in [3.05, 3.63) is 0 Å². The zero-order valence-electron chi connectivity index (χ0n) is 10.3. The Labute approximate surface area is 93.3 Å². The predicted molar refractivity (Wildman–Crippen MR) is 62.2 cm³/mol. The van der Waals surface area contributed by atoms with Crippen molar-refractivity contribution in [2.45, 2.75) is 51.8 Å². The van der Waals surface area contributed by atoms with Crippen molar-refractivity contribution in [1.82, 2.24) is 4.31 Å². The molecule has 0 aliphatic rings. The molecule has 4 nitrogen and oxygen atoms in total. The summed E-state index contributed by atoms with van der Waals surface area (Å²) in [5.74, 6) is 0. The van der Waals surface area contributed by atoms with Gasteiger partial charge in [0.1, 0.15) is 0 Å². The lowest BCUT2D eigenvalue weighted by atomic mass is 10.3. The zero-order chi connectivity index (χ0) is 12.3. The van der Waals surface area contributed by atoms with Crippen molar-refractivity contribution >= 4 is 10.0 Å². The Balaban J connectivity index is 4.93. The minimum Gasteiger partial charge on any atom is -0.396 e. The Morgan fingerprint density at radius 2 is 1.73 bits per heavy atom. The van der Waals surface area contributed by atoms with Crippen LogP contribution in [0.25, 0.3) is 0 Å². The molecule has 0 spiro atoms. The Hall–Kier alpha value is -0.130. The van der Waals surface area contributed by atoms with Crippen LogP contribution in [0.2, 0.25) is 0 Å². The molecule has 0 unspecified atom stereocenters. The lowest BCUT2D eigenvalue weighted by molar-refractivity contribution is 0.256. The van der Waals surface area contributed by atoms with Gasteiger partial charge in [-0.15, -0.1) is 0 Å². The summed E-state index contributed by atoms with van der Waals surface area (Å²) in [5.41, 5.74) is 0. The molecule has 1 N–H and O–H groups in total. The van der Waals surface area contributed by atoms with E-state index in [1.807, 2.05) is 13.8 Å². The van der Waals surface area contributed by atoms with Crippen LogP contribution in [0.5, 0.6) is 0 Å². The molecule has 0 aliphatic carbocycles. The van der Waals surface area contributed by atoms with E-state index in [1.165, 1.54) is 4.31 Å². The molecule has 0 aliphatic heterocycles. The second-order valence-electron chi connectivity index (χ2n) is 4.90. The first-order chi connectivity index (χ1) is 6.64.